The number of nitrogens with zero attached hydrogens (tertiary/aromatic N) is 2. The molecule has 0 aliphatic carbocycles. The van der Waals surface area contributed by atoms with Gasteiger partial charge in [0.1, 0.15) is 5.69 Å². The number of nitro groups is 1. The predicted octanol–water partition coefficient (Wildman–Crippen LogP) is 3.78. The Morgan fingerprint density at radius 1 is 1.40 bits per heavy atom. The number of allylic oxidation sites excluding steroid dienone is 2. The van der Waals surface area contributed by atoms with E-state index >= 15 is 0 Å². The Hall–Kier alpha value is -2.55. The van der Waals surface area contributed by atoms with E-state index in [0.717, 1.165) is 23.3 Å². The number of nitrogens with one attached hydrogen (secondary N) is 1. The molecule has 1 aromatic rings. The van der Waals surface area contributed by atoms with Gasteiger partial charge in [0.05, 0.1) is 11.5 Å². The molecule has 0 radical (unpaired) electrons. The molecule has 1 aromatic carbocycles. The number of nitro benzene ring substituents is 1. The lowest BCUT2D eigenvalue weighted by Gasteiger charge is -2.22. The number of hydrogen-bond acceptors (Lipinski definition) is 5. The van der Waals surface area contributed by atoms with Gasteiger partial charge in [-0.1, -0.05) is 11.6 Å². The van der Waals surface area contributed by atoms with Gasteiger partial charge < -0.3 is 10.2 Å². The summed E-state index contributed by atoms with van der Waals surface area (Å²) in [6, 6.07) is 4.51. The molecule has 1 N–H and O–H groups in total. The highest BCUT2D eigenvalue weighted by Gasteiger charge is 2.28. The van der Waals surface area contributed by atoms with Gasteiger partial charge in [-0.25, -0.2) is 0 Å². The summed E-state index contributed by atoms with van der Waals surface area (Å²) in [5, 5.41) is 13.8. The zero-order valence-corrected chi connectivity index (χ0v) is 13.8. The molecule has 0 saturated carbocycles. The summed E-state index contributed by atoms with van der Waals surface area (Å²) in [6.45, 7) is 1.91. The van der Waals surface area contributed by atoms with E-state index in [2.05, 4.69) is 10.1 Å². The molecular weight excluding hydrogens is 339 g/mol. The van der Waals surface area contributed by atoms with E-state index in [0.29, 0.717) is 0 Å². The molecule has 6 nitrogen and oxygen atoms in total. The zero-order chi connectivity index (χ0) is 18.6. The van der Waals surface area contributed by atoms with E-state index in [1.165, 1.54) is 6.07 Å². The molecule has 2 rings (SSSR count). The highest BCUT2D eigenvalue weighted by Crippen LogP contribution is 2.30. The number of benzene rings is 1. The van der Waals surface area contributed by atoms with Gasteiger partial charge >= 0.3 is 6.36 Å². The summed E-state index contributed by atoms with van der Waals surface area (Å²) in [7, 11) is 1.91. The minimum Gasteiger partial charge on any atom is -0.377 e. The number of anilines is 1. The highest BCUT2D eigenvalue weighted by molar-refractivity contribution is 5.79. The molecule has 0 aromatic heterocycles. The SMILES string of the molecule is CC1=CC(c2ccc([N+](=O)[O-])c(NCCOC(F)(F)F)c2)=CN(C)C1. The average Bonchev–Trinajstić information content (AvgIpc) is 2.49. The lowest BCUT2D eigenvalue weighted by Crippen LogP contribution is -2.19. The molecule has 0 bridgehead atoms. The smallest absolute Gasteiger partial charge is 0.377 e. The number of alkyl halides is 3. The van der Waals surface area contributed by atoms with Crippen molar-refractivity contribution in [2.24, 2.45) is 0 Å². The minimum absolute atomic E-state index is 0.147. The average molecular weight is 357 g/mol. The van der Waals surface area contributed by atoms with Gasteiger partial charge in [0.25, 0.3) is 5.69 Å². The highest BCUT2D eigenvalue weighted by atomic mass is 19.4. The Kier molecular flexibility index (Phi) is 5.68. The van der Waals surface area contributed by atoms with Crippen molar-refractivity contribution in [2.75, 3.05) is 32.1 Å². The molecule has 1 aliphatic rings. The van der Waals surface area contributed by atoms with Gasteiger partial charge in [-0.2, -0.15) is 0 Å². The second-order valence-electron chi connectivity index (χ2n) is 5.70. The maximum absolute atomic E-state index is 12.0. The maximum Gasteiger partial charge on any atom is 0.522 e. The monoisotopic (exact) mass is 357 g/mol. The van der Waals surface area contributed by atoms with Crippen molar-refractivity contribution < 1.29 is 22.8 Å². The van der Waals surface area contributed by atoms with Crippen LogP contribution in [0.1, 0.15) is 12.5 Å². The molecule has 0 amide bonds. The van der Waals surface area contributed by atoms with E-state index in [4.69, 9.17) is 0 Å². The summed E-state index contributed by atoms with van der Waals surface area (Å²) in [5.41, 5.74) is 2.67. The number of halogens is 3. The van der Waals surface area contributed by atoms with Crippen LogP contribution in [0.2, 0.25) is 0 Å². The van der Waals surface area contributed by atoms with Crippen LogP contribution in [0.5, 0.6) is 0 Å². The van der Waals surface area contributed by atoms with E-state index in [1.54, 1.807) is 12.1 Å². The Labute approximate surface area is 142 Å². The molecule has 0 fully saturated rings. The van der Waals surface area contributed by atoms with E-state index in [9.17, 15) is 23.3 Å². The topological polar surface area (TPSA) is 67.6 Å². The molecule has 0 atom stereocenters. The summed E-state index contributed by atoms with van der Waals surface area (Å²) in [4.78, 5) is 12.5. The summed E-state index contributed by atoms with van der Waals surface area (Å²) in [6.07, 6.45) is -0.850. The van der Waals surface area contributed by atoms with Gasteiger partial charge in [-0.15, -0.1) is 13.2 Å². The molecule has 0 saturated heterocycles. The van der Waals surface area contributed by atoms with Gasteiger partial charge in [-0.05, 0) is 30.2 Å². The molecule has 9 heteroatoms. The second kappa shape index (κ2) is 7.56. The summed E-state index contributed by atoms with van der Waals surface area (Å²) < 4.78 is 39.6. The fraction of sp³-hybridized carbons (Fsp3) is 0.375. The number of likely N-dealkylation sites (N-methyl/N-ethyl adjacent to an activating group) is 1. The first-order chi connectivity index (χ1) is 11.7. The van der Waals surface area contributed by atoms with Gasteiger partial charge in [0.15, 0.2) is 0 Å². The van der Waals surface area contributed by atoms with Gasteiger partial charge in [0, 0.05) is 32.4 Å². The van der Waals surface area contributed by atoms with Crippen molar-refractivity contribution in [2.45, 2.75) is 13.3 Å². The lowest BCUT2D eigenvalue weighted by atomic mass is 10.0. The van der Waals surface area contributed by atoms with Crippen LogP contribution in [0.4, 0.5) is 24.5 Å². The van der Waals surface area contributed by atoms with Crippen molar-refractivity contribution in [3.63, 3.8) is 0 Å². The molecule has 25 heavy (non-hydrogen) atoms. The normalized spacial score (nSPS) is 14.8. The largest absolute Gasteiger partial charge is 0.522 e. The van der Waals surface area contributed by atoms with Crippen LogP contribution in [0.25, 0.3) is 5.57 Å². The van der Waals surface area contributed by atoms with Crippen LogP contribution in [-0.2, 0) is 4.74 Å². The first kappa shape index (κ1) is 18.8. The Morgan fingerprint density at radius 3 is 2.72 bits per heavy atom. The molecule has 0 spiro atoms. The summed E-state index contributed by atoms with van der Waals surface area (Å²) >= 11 is 0. The number of rotatable bonds is 6. The van der Waals surface area contributed by atoms with E-state index < -0.39 is 17.9 Å². The fourth-order valence-corrected chi connectivity index (χ4v) is 2.55. The zero-order valence-electron chi connectivity index (χ0n) is 13.8. The van der Waals surface area contributed by atoms with Crippen molar-refractivity contribution in [3.05, 3.63) is 51.7 Å². The molecule has 1 heterocycles. The standard InChI is InChI=1S/C16H18F3N3O3/c1-11-7-13(10-21(2)9-11)12-3-4-15(22(23)24)14(8-12)20-5-6-25-16(17,18)19/h3-4,7-8,10,20H,5-6,9H2,1-2H3. The van der Waals surface area contributed by atoms with Crippen LogP contribution >= 0.6 is 0 Å². The first-order valence-corrected chi connectivity index (χ1v) is 7.48. The molecule has 1 aliphatic heterocycles. The van der Waals surface area contributed by atoms with Crippen LogP contribution in [0, 0.1) is 10.1 Å². The minimum atomic E-state index is -4.73. The fourth-order valence-electron chi connectivity index (χ4n) is 2.55. The van der Waals surface area contributed by atoms with Gasteiger partial charge in [-0.3, -0.25) is 14.9 Å². The third-order valence-electron chi connectivity index (χ3n) is 3.47. The predicted molar refractivity (Wildman–Crippen MR) is 88.0 cm³/mol. The van der Waals surface area contributed by atoms with Crippen molar-refractivity contribution in [1.29, 1.82) is 0 Å². The van der Waals surface area contributed by atoms with Crippen LogP contribution in [0.3, 0.4) is 0 Å². The van der Waals surface area contributed by atoms with Crippen molar-refractivity contribution in [1.82, 2.24) is 4.90 Å². The maximum atomic E-state index is 12.0. The molecule has 136 valence electrons. The van der Waals surface area contributed by atoms with E-state index in [1.807, 2.05) is 31.1 Å². The summed E-state index contributed by atoms with van der Waals surface area (Å²) in [5.74, 6) is 0. The van der Waals surface area contributed by atoms with Crippen LogP contribution in [0.15, 0.2) is 36.0 Å². The lowest BCUT2D eigenvalue weighted by molar-refractivity contribution is -0.384. The van der Waals surface area contributed by atoms with Crippen molar-refractivity contribution in [3.8, 4) is 0 Å². The van der Waals surface area contributed by atoms with Crippen LogP contribution < -0.4 is 5.32 Å². The molecular formula is C16H18F3N3O3. The Morgan fingerprint density at radius 2 is 2.12 bits per heavy atom. The van der Waals surface area contributed by atoms with Crippen LogP contribution in [-0.4, -0.2) is 42.9 Å². The second-order valence-corrected chi connectivity index (χ2v) is 5.70. The quantitative estimate of drug-likeness (QED) is 0.477. The number of hydrogen-bond donors (Lipinski definition) is 1. The third kappa shape index (κ3) is 5.49. The van der Waals surface area contributed by atoms with E-state index in [-0.39, 0.29) is 17.9 Å². The Balaban J connectivity index is 2.20. The van der Waals surface area contributed by atoms with Gasteiger partial charge in [0.2, 0.25) is 0 Å². The first-order valence-electron chi connectivity index (χ1n) is 7.48. The van der Waals surface area contributed by atoms with Crippen molar-refractivity contribution >= 4 is 16.9 Å². The Bertz CT molecular complexity index is 714. The third-order valence-corrected chi connectivity index (χ3v) is 3.47. The number of ether oxygens (including phenoxy) is 1. The molecule has 0 unspecified atom stereocenters.